The Bertz CT molecular complexity index is 906. The zero-order valence-electron chi connectivity index (χ0n) is 15.5. The molecule has 0 saturated carbocycles. The molecule has 2 N–H and O–H groups in total. The maximum Gasteiger partial charge on any atom is 0.169 e. The summed E-state index contributed by atoms with van der Waals surface area (Å²) in [6.45, 7) is 6.64. The van der Waals surface area contributed by atoms with E-state index in [1.807, 2.05) is 18.2 Å². The molecule has 25 heavy (non-hydrogen) atoms. The van der Waals surface area contributed by atoms with E-state index in [1.54, 1.807) is 14.2 Å². The molecule has 0 aliphatic heterocycles. The quantitative estimate of drug-likeness (QED) is 0.651. The first-order valence-electron chi connectivity index (χ1n) is 8.41. The average Bonchev–Trinajstić information content (AvgIpc) is 2.60. The number of methoxy groups -OCH3 is 2. The Morgan fingerprint density at radius 1 is 0.840 bits per heavy atom. The Hall–Kier alpha value is -2.68. The molecule has 0 radical (unpaired) electrons. The van der Waals surface area contributed by atoms with E-state index in [-0.39, 0.29) is 5.41 Å². The van der Waals surface area contributed by atoms with Gasteiger partial charge in [0, 0.05) is 16.6 Å². The Balaban J connectivity index is 2.32. The fourth-order valence-corrected chi connectivity index (χ4v) is 3.18. The van der Waals surface area contributed by atoms with Gasteiger partial charge in [-0.25, -0.2) is 0 Å². The van der Waals surface area contributed by atoms with Crippen molar-refractivity contribution in [2.24, 2.45) is 0 Å². The van der Waals surface area contributed by atoms with Crippen molar-refractivity contribution in [1.82, 2.24) is 0 Å². The third-order valence-electron chi connectivity index (χ3n) is 4.60. The molecule has 3 rings (SSSR count). The van der Waals surface area contributed by atoms with Gasteiger partial charge < -0.3 is 15.2 Å². The highest BCUT2D eigenvalue weighted by molar-refractivity contribution is 6.06. The molecule has 0 fully saturated rings. The average molecular weight is 335 g/mol. The molecule has 0 amide bonds. The molecule has 3 aromatic carbocycles. The van der Waals surface area contributed by atoms with Crippen LogP contribution in [0.5, 0.6) is 11.5 Å². The third-order valence-corrected chi connectivity index (χ3v) is 4.60. The van der Waals surface area contributed by atoms with Gasteiger partial charge >= 0.3 is 0 Å². The minimum atomic E-state index is 0.115. The highest BCUT2D eigenvalue weighted by atomic mass is 16.5. The van der Waals surface area contributed by atoms with Gasteiger partial charge in [-0.1, -0.05) is 57.2 Å². The van der Waals surface area contributed by atoms with Crippen LogP contribution in [0.1, 0.15) is 26.3 Å². The van der Waals surface area contributed by atoms with Gasteiger partial charge in [-0.3, -0.25) is 0 Å². The SMILES string of the molecule is COc1cc2c(N)cccc2c(-c2ccc(C(C)(C)C)cc2)c1OC. The minimum Gasteiger partial charge on any atom is -0.493 e. The monoisotopic (exact) mass is 335 g/mol. The molecule has 0 heterocycles. The molecule has 0 aliphatic rings. The highest BCUT2D eigenvalue weighted by Gasteiger charge is 2.19. The lowest BCUT2D eigenvalue weighted by Gasteiger charge is -2.20. The predicted molar refractivity (Wildman–Crippen MR) is 106 cm³/mol. The summed E-state index contributed by atoms with van der Waals surface area (Å²) in [5, 5.41) is 2.02. The van der Waals surface area contributed by atoms with Crippen LogP contribution in [-0.2, 0) is 5.41 Å². The molecule has 0 saturated heterocycles. The minimum absolute atomic E-state index is 0.115. The van der Waals surface area contributed by atoms with Crippen LogP contribution in [0.15, 0.2) is 48.5 Å². The van der Waals surface area contributed by atoms with Gasteiger partial charge in [0.05, 0.1) is 14.2 Å². The van der Waals surface area contributed by atoms with Crippen molar-refractivity contribution in [3.8, 4) is 22.6 Å². The second-order valence-electron chi connectivity index (χ2n) is 7.26. The molecule has 0 bridgehead atoms. The van der Waals surface area contributed by atoms with Gasteiger partial charge in [-0.15, -0.1) is 0 Å². The first-order chi connectivity index (χ1) is 11.9. The summed E-state index contributed by atoms with van der Waals surface area (Å²) in [6.07, 6.45) is 0. The molecule has 0 atom stereocenters. The summed E-state index contributed by atoms with van der Waals surface area (Å²) in [5.74, 6) is 1.41. The molecule has 3 heteroatoms. The van der Waals surface area contributed by atoms with Crippen LogP contribution in [0.3, 0.4) is 0 Å². The van der Waals surface area contributed by atoms with Crippen LogP contribution in [0, 0.1) is 0 Å². The summed E-state index contributed by atoms with van der Waals surface area (Å²) < 4.78 is 11.3. The number of anilines is 1. The summed E-state index contributed by atoms with van der Waals surface area (Å²) in [7, 11) is 3.32. The largest absolute Gasteiger partial charge is 0.493 e. The topological polar surface area (TPSA) is 44.5 Å². The molecule has 0 spiro atoms. The number of ether oxygens (including phenoxy) is 2. The van der Waals surface area contributed by atoms with E-state index in [0.717, 1.165) is 33.3 Å². The van der Waals surface area contributed by atoms with Gasteiger partial charge in [0.1, 0.15) is 0 Å². The van der Waals surface area contributed by atoms with E-state index in [0.29, 0.717) is 5.75 Å². The van der Waals surface area contributed by atoms with Crippen LogP contribution in [-0.4, -0.2) is 14.2 Å². The lowest BCUT2D eigenvalue weighted by atomic mass is 9.85. The van der Waals surface area contributed by atoms with Gasteiger partial charge in [-0.05, 0) is 34.1 Å². The second-order valence-corrected chi connectivity index (χ2v) is 7.26. The number of fused-ring (bicyclic) bond motifs is 1. The third kappa shape index (κ3) is 3.02. The Kier molecular flexibility index (Phi) is 4.34. The number of benzene rings is 3. The van der Waals surface area contributed by atoms with Crippen LogP contribution in [0.4, 0.5) is 5.69 Å². The molecular formula is C22H25NO2. The van der Waals surface area contributed by atoms with Crippen molar-refractivity contribution in [1.29, 1.82) is 0 Å². The Morgan fingerprint density at radius 2 is 1.52 bits per heavy atom. The maximum absolute atomic E-state index is 6.20. The summed E-state index contributed by atoms with van der Waals surface area (Å²) in [6, 6.07) is 16.5. The Labute approximate surface area is 149 Å². The summed E-state index contributed by atoms with van der Waals surface area (Å²) in [4.78, 5) is 0. The van der Waals surface area contributed by atoms with Crippen LogP contribution < -0.4 is 15.2 Å². The summed E-state index contributed by atoms with van der Waals surface area (Å²) in [5.41, 5.74) is 10.4. The van der Waals surface area contributed by atoms with Gasteiger partial charge in [0.15, 0.2) is 11.5 Å². The summed E-state index contributed by atoms with van der Waals surface area (Å²) >= 11 is 0. The second kappa shape index (κ2) is 6.32. The molecular weight excluding hydrogens is 310 g/mol. The lowest BCUT2D eigenvalue weighted by Crippen LogP contribution is -2.10. The maximum atomic E-state index is 6.20. The van der Waals surface area contributed by atoms with Crippen LogP contribution in [0.2, 0.25) is 0 Å². The number of rotatable bonds is 3. The van der Waals surface area contributed by atoms with Crippen molar-refractivity contribution >= 4 is 16.5 Å². The molecule has 3 aromatic rings. The fraction of sp³-hybridized carbons (Fsp3) is 0.273. The van der Waals surface area contributed by atoms with E-state index in [2.05, 4.69) is 51.1 Å². The fourth-order valence-electron chi connectivity index (χ4n) is 3.18. The lowest BCUT2D eigenvalue weighted by molar-refractivity contribution is 0.357. The zero-order valence-corrected chi connectivity index (χ0v) is 15.5. The van der Waals surface area contributed by atoms with Crippen LogP contribution in [0.25, 0.3) is 21.9 Å². The molecule has 0 aromatic heterocycles. The number of hydrogen-bond acceptors (Lipinski definition) is 3. The van der Waals surface area contributed by atoms with Crippen molar-refractivity contribution < 1.29 is 9.47 Å². The van der Waals surface area contributed by atoms with Crippen molar-refractivity contribution in [3.63, 3.8) is 0 Å². The van der Waals surface area contributed by atoms with Crippen molar-refractivity contribution in [3.05, 3.63) is 54.1 Å². The van der Waals surface area contributed by atoms with E-state index >= 15 is 0 Å². The van der Waals surface area contributed by atoms with Gasteiger partial charge in [0.2, 0.25) is 0 Å². The van der Waals surface area contributed by atoms with E-state index in [4.69, 9.17) is 15.2 Å². The number of nitrogens with two attached hydrogens (primary N) is 1. The molecule has 130 valence electrons. The van der Waals surface area contributed by atoms with Crippen molar-refractivity contribution in [2.45, 2.75) is 26.2 Å². The van der Waals surface area contributed by atoms with Gasteiger partial charge in [-0.2, -0.15) is 0 Å². The first-order valence-corrected chi connectivity index (χ1v) is 8.41. The first kappa shape index (κ1) is 17.2. The molecule has 0 unspecified atom stereocenters. The van der Waals surface area contributed by atoms with Crippen molar-refractivity contribution in [2.75, 3.05) is 20.0 Å². The zero-order chi connectivity index (χ0) is 18.2. The normalized spacial score (nSPS) is 11.6. The van der Waals surface area contributed by atoms with E-state index < -0.39 is 0 Å². The molecule has 3 nitrogen and oxygen atoms in total. The van der Waals surface area contributed by atoms with Crippen LogP contribution >= 0.6 is 0 Å². The highest BCUT2D eigenvalue weighted by Crippen LogP contribution is 2.45. The number of hydrogen-bond donors (Lipinski definition) is 1. The van der Waals surface area contributed by atoms with E-state index in [9.17, 15) is 0 Å². The smallest absolute Gasteiger partial charge is 0.169 e. The Morgan fingerprint density at radius 3 is 2.08 bits per heavy atom. The standard InChI is InChI=1S/C22H25NO2/c1-22(2,3)15-11-9-14(10-12-15)20-16-7-6-8-18(23)17(16)13-19(24-4)21(20)25-5/h6-13H,23H2,1-5H3. The number of nitrogen functional groups attached to an aromatic ring is 1. The molecule has 0 aliphatic carbocycles. The predicted octanol–water partition coefficient (Wildman–Crippen LogP) is 5.40. The van der Waals surface area contributed by atoms with Gasteiger partial charge in [0.25, 0.3) is 0 Å². The van der Waals surface area contributed by atoms with E-state index in [1.165, 1.54) is 5.56 Å².